The van der Waals surface area contributed by atoms with E-state index in [1.807, 2.05) is 38.1 Å². The molecule has 0 fully saturated rings. The number of amides is 2. The highest BCUT2D eigenvalue weighted by atomic mass is 16.6. The lowest BCUT2D eigenvalue weighted by Crippen LogP contribution is -2.24. The molecule has 0 unspecified atom stereocenters. The van der Waals surface area contributed by atoms with E-state index in [2.05, 4.69) is 22.4 Å². The van der Waals surface area contributed by atoms with Gasteiger partial charge in [-0.2, -0.15) is 5.10 Å². The van der Waals surface area contributed by atoms with E-state index in [0.717, 1.165) is 11.1 Å². The molecule has 0 aliphatic heterocycles. The Labute approximate surface area is 209 Å². The van der Waals surface area contributed by atoms with Gasteiger partial charge in [-0.15, -0.1) is 6.58 Å². The number of nitrogens with one attached hydrogen (secondary N) is 2. The molecule has 0 heterocycles. The molecule has 0 aliphatic carbocycles. The smallest absolute Gasteiger partial charge is 0.339 e. The number of nitrogens with zero attached hydrogens (tertiary/aromatic N) is 2. The lowest BCUT2D eigenvalue weighted by atomic mass is 10.1. The van der Waals surface area contributed by atoms with Gasteiger partial charge < -0.3 is 14.8 Å². The topological polar surface area (TPSA) is 115 Å². The van der Waals surface area contributed by atoms with Crippen LogP contribution in [0, 0.1) is 17.0 Å². The number of aryl methyl sites for hydroxylation is 1. The number of nitro benzene ring substituents is 1. The number of allylic oxidation sites excluding steroid dienone is 1. The van der Waals surface area contributed by atoms with Gasteiger partial charge in [-0.25, -0.2) is 10.2 Å². The van der Waals surface area contributed by atoms with E-state index >= 15 is 0 Å². The molecular formula is C27H28N4O5. The van der Waals surface area contributed by atoms with E-state index in [-0.39, 0.29) is 12.3 Å². The minimum atomic E-state index is -0.464. The summed E-state index contributed by atoms with van der Waals surface area (Å²) in [6.07, 6.45) is 3.74. The number of hydrogen-bond acceptors (Lipinski definition) is 6. The van der Waals surface area contributed by atoms with E-state index in [1.54, 1.807) is 30.3 Å². The second-order valence-electron chi connectivity index (χ2n) is 7.79. The van der Waals surface area contributed by atoms with Gasteiger partial charge in [0.05, 0.1) is 17.7 Å². The molecule has 3 aromatic rings. The number of para-hydroxylation sites is 1. The second kappa shape index (κ2) is 12.7. The predicted molar refractivity (Wildman–Crippen MR) is 140 cm³/mol. The maximum Gasteiger partial charge on any atom is 0.339 e. The summed E-state index contributed by atoms with van der Waals surface area (Å²) in [5.41, 5.74) is 6.24. The number of anilines is 1. The van der Waals surface area contributed by atoms with Gasteiger partial charge >= 0.3 is 6.03 Å². The summed E-state index contributed by atoms with van der Waals surface area (Å²) < 4.78 is 11.9. The average molecular weight is 489 g/mol. The summed E-state index contributed by atoms with van der Waals surface area (Å²) in [5.74, 6) is 1.01. The van der Waals surface area contributed by atoms with Crippen molar-refractivity contribution in [1.29, 1.82) is 0 Å². The highest BCUT2D eigenvalue weighted by Gasteiger charge is 2.14. The second-order valence-corrected chi connectivity index (χ2v) is 7.79. The summed E-state index contributed by atoms with van der Waals surface area (Å²) in [4.78, 5) is 22.8. The molecule has 2 N–H and O–H groups in total. The Morgan fingerprint density at radius 2 is 1.94 bits per heavy atom. The molecule has 0 spiro atoms. The Morgan fingerprint density at radius 1 is 1.14 bits per heavy atom. The molecular weight excluding hydrogens is 460 g/mol. The Hall–Kier alpha value is -4.66. The summed E-state index contributed by atoms with van der Waals surface area (Å²) in [6, 6.07) is 16.9. The van der Waals surface area contributed by atoms with Gasteiger partial charge in [0.15, 0.2) is 11.5 Å². The normalized spacial score (nSPS) is 10.6. The molecule has 0 aliphatic rings. The van der Waals surface area contributed by atoms with Gasteiger partial charge in [0, 0.05) is 23.4 Å². The van der Waals surface area contributed by atoms with Crippen molar-refractivity contribution in [2.75, 3.05) is 11.9 Å². The molecule has 0 atom stereocenters. The first-order chi connectivity index (χ1) is 17.4. The van der Waals surface area contributed by atoms with Gasteiger partial charge in [0.2, 0.25) is 0 Å². The first-order valence-corrected chi connectivity index (χ1v) is 11.3. The van der Waals surface area contributed by atoms with Crippen LogP contribution in [-0.2, 0) is 13.0 Å². The van der Waals surface area contributed by atoms with Crippen LogP contribution in [0.2, 0.25) is 0 Å². The van der Waals surface area contributed by atoms with Crippen LogP contribution in [0.3, 0.4) is 0 Å². The molecule has 0 radical (unpaired) electrons. The van der Waals surface area contributed by atoms with Crippen LogP contribution in [0.5, 0.6) is 11.5 Å². The Morgan fingerprint density at radius 3 is 2.67 bits per heavy atom. The summed E-state index contributed by atoms with van der Waals surface area (Å²) in [6.45, 7) is 8.10. The fraction of sp³-hybridized carbons (Fsp3) is 0.185. The van der Waals surface area contributed by atoms with E-state index in [1.165, 1.54) is 18.3 Å². The number of hydrogen-bond donors (Lipinski definition) is 2. The molecule has 186 valence electrons. The van der Waals surface area contributed by atoms with Crippen molar-refractivity contribution in [3.05, 3.63) is 106 Å². The molecule has 0 aromatic heterocycles. The SMILES string of the molecule is C=CCc1cc(C=NNC(=O)Nc2ccccc2C)cc(OCC)c1OCc1cccc([N+](=O)[O-])c1. The van der Waals surface area contributed by atoms with E-state index < -0.39 is 11.0 Å². The zero-order valence-electron chi connectivity index (χ0n) is 20.2. The standard InChI is InChI=1S/C27H28N4O5/c1-4-9-22-14-21(17-28-30-27(32)29-24-13-7-6-10-19(24)3)16-25(35-5-2)26(22)36-18-20-11-8-12-23(15-20)31(33)34/h4,6-8,10-17H,1,5,9,18H2,2-3H3,(H2,29,30,32). The molecule has 0 saturated heterocycles. The van der Waals surface area contributed by atoms with Crippen LogP contribution in [0.15, 0.2) is 78.4 Å². The number of urea groups is 1. The quantitative estimate of drug-likeness (QED) is 0.154. The first-order valence-electron chi connectivity index (χ1n) is 11.3. The van der Waals surface area contributed by atoms with Crippen molar-refractivity contribution >= 4 is 23.6 Å². The van der Waals surface area contributed by atoms with Crippen molar-refractivity contribution in [3.8, 4) is 11.5 Å². The van der Waals surface area contributed by atoms with Gasteiger partial charge in [-0.05, 0) is 55.2 Å². The molecule has 36 heavy (non-hydrogen) atoms. The molecule has 3 rings (SSSR count). The fourth-order valence-electron chi connectivity index (χ4n) is 3.44. The maximum absolute atomic E-state index is 12.2. The van der Waals surface area contributed by atoms with E-state index in [0.29, 0.717) is 41.3 Å². The van der Waals surface area contributed by atoms with Crippen LogP contribution >= 0.6 is 0 Å². The summed E-state index contributed by atoms with van der Waals surface area (Å²) >= 11 is 0. The zero-order chi connectivity index (χ0) is 25.9. The van der Waals surface area contributed by atoms with Crippen molar-refractivity contribution < 1.29 is 19.2 Å². The number of carbonyl (C=O) groups is 1. The fourth-order valence-corrected chi connectivity index (χ4v) is 3.44. The lowest BCUT2D eigenvalue weighted by molar-refractivity contribution is -0.384. The molecule has 9 nitrogen and oxygen atoms in total. The van der Waals surface area contributed by atoms with Crippen LogP contribution in [-0.4, -0.2) is 23.8 Å². The summed E-state index contributed by atoms with van der Waals surface area (Å²) in [7, 11) is 0. The Bertz CT molecular complexity index is 1270. The first kappa shape index (κ1) is 26.0. The molecule has 3 aromatic carbocycles. The molecule has 0 saturated carbocycles. The third-order valence-corrected chi connectivity index (χ3v) is 5.10. The number of non-ortho nitro benzene ring substituents is 1. The average Bonchev–Trinajstić information content (AvgIpc) is 2.85. The highest BCUT2D eigenvalue weighted by molar-refractivity contribution is 5.91. The van der Waals surface area contributed by atoms with Crippen molar-refractivity contribution in [2.24, 2.45) is 5.10 Å². The van der Waals surface area contributed by atoms with Gasteiger partial charge in [0.25, 0.3) is 5.69 Å². The number of ether oxygens (including phenoxy) is 2. The van der Waals surface area contributed by atoms with Crippen LogP contribution in [0.25, 0.3) is 0 Å². The largest absolute Gasteiger partial charge is 0.490 e. The summed E-state index contributed by atoms with van der Waals surface area (Å²) in [5, 5.41) is 17.9. The van der Waals surface area contributed by atoms with E-state index in [4.69, 9.17) is 9.47 Å². The molecule has 2 amide bonds. The minimum absolute atomic E-state index is 0.00188. The Balaban J connectivity index is 1.77. The van der Waals surface area contributed by atoms with Crippen molar-refractivity contribution in [1.82, 2.24) is 5.43 Å². The predicted octanol–water partition coefficient (Wildman–Crippen LogP) is 5.77. The number of nitro groups is 1. The maximum atomic E-state index is 12.2. The highest BCUT2D eigenvalue weighted by Crippen LogP contribution is 2.34. The number of hydrazone groups is 1. The van der Waals surface area contributed by atoms with Gasteiger partial charge in [0.1, 0.15) is 6.61 Å². The van der Waals surface area contributed by atoms with Crippen molar-refractivity contribution in [3.63, 3.8) is 0 Å². The molecule has 0 bridgehead atoms. The van der Waals surface area contributed by atoms with Gasteiger partial charge in [-0.1, -0.05) is 36.4 Å². The zero-order valence-corrected chi connectivity index (χ0v) is 20.2. The molecule has 9 heteroatoms. The van der Waals surface area contributed by atoms with E-state index in [9.17, 15) is 14.9 Å². The number of benzene rings is 3. The van der Waals surface area contributed by atoms with Crippen molar-refractivity contribution in [2.45, 2.75) is 26.9 Å². The third-order valence-electron chi connectivity index (χ3n) is 5.10. The third kappa shape index (κ3) is 7.17. The minimum Gasteiger partial charge on any atom is -0.490 e. The van der Waals surface area contributed by atoms with Crippen LogP contribution in [0.1, 0.15) is 29.2 Å². The van der Waals surface area contributed by atoms with Gasteiger partial charge in [-0.3, -0.25) is 10.1 Å². The van der Waals surface area contributed by atoms with Crippen LogP contribution < -0.4 is 20.2 Å². The lowest BCUT2D eigenvalue weighted by Gasteiger charge is -2.17. The number of carbonyl (C=O) groups excluding carboxylic acids is 1. The monoisotopic (exact) mass is 488 g/mol. The Kier molecular flexibility index (Phi) is 9.16. The van der Waals surface area contributed by atoms with Crippen LogP contribution in [0.4, 0.5) is 16.2 Å². The number of rotatable bonds is 11.